The highest BCUT2D eigenvalue weighted by Gasteiger charge is 2.47. The molecule has 4 aromatic rings. The molecule has 1 saturated heterocycles. The molecular weight excluding hydrogens is 492 g/mol. The zero-order valence-electron chi connectivity index (χ0n) is 20.3. The average Bonchev–Trinajstić information content (AvgIpc) is 3.44. The van der Waals surface area contributed by atoms with Gasteiger partial charge in [-0.05, 0) is 50.2 Å². The predicted octanol–water partition coefficient (Wildman–Crippen LogP) is 6.25. The van der Waals surface area contributed by atoms with Gasteiger partial charge in [0.05, 0.1) is 29.9 Å². The first-order valence-electron chi connectivity index (χ1n) is 12.0. The van der Waals surface area contributed by atoms with E-state index < -0.39 is 17.7 Å². The molecule has 7 nitrogen and oxygen atoms in total. The molecule has 1 atom stereocenters. The zero-order valence-corrected chi connectivity index (χ0v) is 21.1. The average molecular weight is 517 g/mol. The van der Waals surface area contributed by atoms with Crippen LogP contribution in [0.25, 0.3) is 16.7 Å². The summed E-state index contributed by atoms with van der Waals surface area (Å²) in [7, 11) is 0. The molecule has 2 heterocycles. The minimum absolute atomic E-state index is 0.0265. The first-order chi connectivity index (χ1) is 17.9. The largest absolute Gasteiger partial charge is 0.507 e. The summed E-state index contributed by atoms with van der Waals surface area (Å²) in [6, 6.07) is 18.5. The van der Waals surface area contributed by atoms with Crippen molar-refractivity contribution in [1.29, 1.82) is 0 Å². The number of aromatic nitrogens is 1. The van der Waals surface area contributed by atoms with Crippen molar-refractivity contribution in [2.45, 2.75) is 19.9 Å². The fourth-order valence-electron chi connectivity index (χ4n) is 4.68. The van der Waals surface area contributed by atoms with Crippen molar-refractivity contribution in [2.24, 2.45) is 0 Å². The lowest BCUT2D eigenvalue weighted by molar-refractivity contribution is -0.132. The molecule has 0 bridgehead atoms. The van der Waals surface area contributed by atoms with Crippen LogP contribution in [-0.4, -0.2) is 35.0 Å². The van der Waals surface area contributed by atoms with Gasteiger partial charge in [-0.25, -0.2) is 0 Å². The maximum atomic E-state index is 13.5. The number of hydrogen-bond acceptors (Lipinski definition) is 5. The summed E-state index contributed by atoms with van der Waals surface area (Å²) in [5.74, 6) is -0.907. The van der Waals surface area contributed by atoms with Gasteiger partial charge in [0, 0.05) is 40.0 Å². The number of amides is 1. The highest BCUT2D eigenvalue weighted by molar-refractivity contribution is 6.52. The van der Waals surface area contributed by atoms with Gasteiger partial charge in [-0.1, -0.05) is 35.9 Å². The first-order valence-corrected chi connectivity index (χ1v) is 12.3. The summed E-state index contributed by atoms with van der Waals surface area (Å²) in [5, 5.41) is 12.7. The number of ether oxygens (including phenoxy) is 2. The SMILES string of the molecule is CCOc1cccc(N2C(=O)C(=O)/C(=C(/O)c3ccc(Cl)c(OCC)c3)C2c2c[nH]c3ccccc23)c1. The van der Waals surface area contributed by atoms with E-state index in [-0.39, 0.29) is 11.3 Å². The molecule has 2 N–H and O–H groups in total. The highest BCUT2D eigenvalue weighted by atomic mass is 35.5. The molecule has 0 aliphatic carbocycles. The Morgan fingerprint density at radius 1 is 1.00 bits per heavy atom. The number of aliphatic hydroxyl groups is 1. The van der Waals surface area contributed by atoms with Gasteiger partial charge in [0.25, 0.3) is 11.7 Å². The molecule has 5 rings (SSSR count). The number of para-hydroxylation sites is 1. The van der Waals surface area contributed by atoms with Crippen LogP contribution in [-0.2, 0) is 9.59 Å². The number of aromatic amines is 1. The van der Waals surface area contributed by atoms with E-state index in [1.54, 1.807) is 48.7 Å². The molecule has 0 saturated carbocycles. The van der Waals surface area contributed by atoms with Crippen molar-refractivity contribution < 1.29 is 24.2 Å². The van der Waals surface area contributed by atoms with Crippen LogP contribution in [0.3, 0.4) is 0 Å². The van der Waals surface area contributed by atoms with Crippen molar-refractivity contribution in [3.63, 3.8) is 0 Å². The number of benzene rings is 3. The second-order valence-corrected chi connectivity index (χ2v) is 8.87. The van der Waals surface area contributed by atoms with Crippen LogP contribution in [0.5, 0.6) is 11.5 Å². The monoisotopic (exact) mass is 516 g/mol. The van der Waals surface area contributed by atoms with Crippen molar-refractivity contribution in [1.82, 2.24) is 4.98 Å². The second kappa shape index (κ2) is 10.0. The van der Waals surface area contributed by atoms with Crippen LogP contribution < -0.4 is 14.4 Å². The Morgan fingerprint density at radius 2 is 1.78 bits per heavy atom. The quantitative estimate of drug-likeness (QED) is 0.172. The molecule has 1 aliphatic rings. The van der Waals surface area contributed by atoms with Crippen molar-refractivity contribution >= 4 is 45.6 Å². The summed E-state index contributed by atoms with van der Waals surface area (Å²) >= 11 is 6.24. The van der Waals surface area contributed by atoms with E-state index in [2.05, 4.69) is 4.98 Å². The third-order valence-corrected chi connectivity index (χ3v) is 6.58. The molecule has 1 aromatic heterocycles. The van der Waals surface area contributed by atoms with Gasteiger partial charge in [0.1, 0.15) is 17.3 Å². The molecule has 0 radical (unpaired) electrons. The van der Waals surface area contributed by atoms with Crippen LogP contribution in [0.2, 0.25) is 5.02 Å². The first kappa shape index (κ1) is 24.5. The van der Waals surface area contributed by atoms with Crippen LogP contribution in [0.15, 0.2) is 78.5 Å². The minimum Gasteiger partial charge on any atom is -0.507 e. The number of aliphatic hydroxyl groups excluding tert-OH is 1. The number of ketones is 1. The van der Waals surface area contributed by atoms with Gasteiger partial charge in [-0.2, -0.15) is 0 Å². The molecule has 8 heteroatoms. The van der Waals surface area contributed by atoms with Gasteiger partial charge in [0.2, 0.25) is 0 Å². The van der Waals surface area contributed by atoms with E-state index in [0.29, 0.717) is 46.5 Å². The number of rotatable bonds is 7. The Kier molecular flexibility index (Phi) is 6.63. The molecule has 1 aliphatic heterocycles. The lowest BCUT2D eigenvalue weighted by Gasteiger charge is -2.25. The molecule has 3 aromatic carbocycles. The zero-order chi connectivity index (χ0) is 26.1. The van der Waals surface area contributed by atoms with E-state index in [1.807, 2.05) is 38.1 Å². The standard InChI is InChI=1S/C29H25ClN2O5/c1-3-36-19-9-7-8-18(15-19)32-26(21-16-31-23-11-6-5-10-20(21)23)25(28(34)29(32)35)27(33)17-12-13-22(30)24(14-17)37-4-2/h5-16,26,31,33H,3-4H2,1-2H3/b27-25+. The van der Waals surface area contributed by atoms with Crippen LogP contribution in [0.1, 0.15) is 31.0 Å². The van der Waals surface area contributed by atoms with Gasteiger partial charge in [-0.15, -0.1) is 0 Å². The maximum absolute atomic E-state index is 13.5. The Labute approximate surface area is 218 Å². The van der Waals surface area contributed by atoms with Crippen molar-refractivity contribution in [3.8, 4) is 11.5 Å². The Morgan fingerprint density at radius 3 is 2.57 bits per heavy atom. The third-order valence-electron chi connectivity index (χ3n) is 6.27. The van der Waals surface area contributed by atoms with Crippen molar-refractivity contribution in [3.05, 3.63) is 94.6 Å². The van der Waals surface area contributed by atoms with E-state index >= 15 is 0 Å². The smallest absolute Gasteiger partial charge is 0.300 e. The number of halogens is 1. The molecule has 1 unspecified atom stereocenters. The number of fused-ring (bicyclic) bond motifs is 1. The molecule has 1 fully saturated rings. The Bertz CT molecular complexity index is 1540. The lowest BCUT2D eigenvalue weighted by Crippen LogP contribution is -2.29. The molecular formula is C29H25ClN2O5. The van der Waals surface area contributed by atoms with Gasteiger partial charge >= 0.3 is 0 Å². The summed E-state index contributed by atoms with van der Waals surface area (Å²) in [6.45, 7) is 4.52. The second-order valence-electron chi connectivity index (χ2n) is 8.47. The molecule has 37 heavy (non-hydrogen) atoms. The van der Waals surface area contributed by atoms with Gasteiger partial charge < -0.3 is 19.6 Å². The molecule has 0 spiro atoms. The number of anilines is 1. The predicted molar refractivity (Wildman–Crippen MR) is 143 cm³/mol. The third kappa shape index (κ3) is 4.32. The maximum Gasteiger partial charge on any atom is 0.300 e. The van der Waals surface area contributed by atoms with E-state index in [0.717, 1.165) is 10.9 Å². The summed E-state index contributed by atoms with van der Waals surface area (Å²) < 4.78 is 11.2. The topological polar surface area (TPSA) is 91.9 Å². The Balaban J connectivity index is 1.74. The fraction of sp³-hybridized carbons (Fsp3) is 0.172. The number of H-pyrrole nitrogens is 1. The number of nitrogens with one attached hydrogen (secondary N) is 1. The van der Waals surface area contributed by atoms with Gasteiger partial charge in [-0.3, -0.25) is 14.5 Å². The number of carbonyl (C=O) groups is 2. The summed E-state index contributed by atoms with van der Waals surface area (Å²) in [4.78, 5) is 31.7. The summed E-state index contributed by atoms with van der Waals surface area (Å²) in [6.07, 6.45) is 1.77. The summed E-state index contributed by atoms with van der Waals surface area (Å²) in [5.41, 5.74) is 2.29. The minimum atomic E-state index is -0.890. The normalized spacial score (nSPS) is 16.9. The van der Waals surface area contributed by atoms with E-state index in [4.69, 9.17) is 21.1 Å². The highest BCUT2D eigenvalue weighted by Crippen LogP contribution is 2.45. The number of hydrogen-bond donors (Lipinski definition) is 2. The number of nitrogens with zero attached hydrogens (tertiary/aromatic N) is 1. The van der Waals surface area contributed by atoms with Crippen LogP contribution in [0, 0.1) is 0 Å². The van der Waals surface area contributed by atoms with Gasteiger partial charge in [0.15, 0.2) is 0 Å². The van der Waals surface area contributed by atoms with E-state index in [9.17, 15) is 14.7 Å². The molecule has 1 amide bonds. The van der Waals surface area contributed by atoms with Crippen LogP contribution >= 0.6 is 11.6 Å². The molecule has 188 valence electrons. The number of carbonyl (C=O) groups excluding carboxylic acids is 2. The van der Waals surface area contributed by atoms with Crippen molar-refractivity contribution in [2.75, 3.05) is 18.1 Å². The Hall–Kier alpha value is -4.23. The number of Topliss-reactive ketones (excluding diaryl/α,β-unsaturated/α-hetero) is 1. The fourth-order valence-corrected chi connectivity index (χ4v) is 4.85. The van der Waals surface area contributed by atoms with Crippen LogP contribution in [0.4, 0.5) is 5.69 Å². The van der Waals surface area contributed by atoms with E-state index in [1.165, 1.54) is 4.90 Å². The lowest BCUT2D eigenvalue weighted by atomic mass is 9.94.